The summed E-state index contributed by atoms with van der Waals surface area (Å²) in [6, 6.07) is 10.6. The molecule has 1 aromatic carbocycles. The normalized spacial score (nSPS) is 18.7. The molecule has 0 aliphatic carbocycles. The molecule has 2 amide bonds. The standard InChI is InChI=1S/C21H21N5O3/c1-13-9-19(27)26-18(22-13)10-16(23-26)17-7-4-8-25(17)20(28)12-24-11-14-5-2-3-6-15(14)21(24)29/h2-3,5-6,9-10,17,23H,4,7-8,11-12H2,1H3/t17-/m1/s1. The van der Waals surface area contributed by atoms with Gasteiger partial charge in [0, 0.05) is 36.5 Å². The Morgan fingerprint density at radius 3 is 2.90 bits per heavy atom. The molecule has 8 heteroatoms. The van der Waals surface area contributed by atoms with Crippen molar-refractivity contribution in [1.29, 1.82) is 0 Å². The summed E-state index contributed by atoms with van der Waals surface area (Å²) in [7, 11) is 0. The molecule has 0 saturated carbocycles. The maximum Gasteiger partial charge on any atom is 0.272 e. The smallest absolute Gasteiger partial charge is 0.272 e. The van der Waals surface area contributed by atoms with Crippen LogP contribution < -0.4 is 5.56 Å². The van der Waals surface area contributed by atoms with Crippen molar-refractivity contribution in [1.82, 2.24) is 24.4 Å². The molecule has 0 bridgehead atoms. The SMILES string of the molecule is Cc1cc(=O)n2[nH]c([C@H]3CCCN3C(=O)CN3Cc4ccccc4C3=O)cc2n1. The van der Waals surface area contributed by atoms with Crippen LogP contribution in [-0.4, -0.2) is 49.3 Å². The number of H-pyrrole nitrogens is 1. The monoisotopic (exact) mass is 391 g/mol. The van der Waals surface area contributed by atoms with E-state index in [1.165, 1.54) is 10.6 Å². The van der Waals surface area contributed by atoms with Gasteiger partial charge in [-0.15, -0.1) is 0 Å². The molecule has 8 nitrogen and oxygen atoms in total. The summed E-state index contributed by atoms with van der Waals surface area (Å²) < 4.78 is 1.41. The molecule has 2 aromatic heterocycles. The van der Waals surface area contributed by atoms with Crippen LogP contribution in [0.4, 0.5) is 0 Å². The highest BCUT2D eigenvalue weighted by atomic mass is 16.2. The number of likely N-dealkylation sites (tertiary alicyclic amines) is 1. The number of hydrogen-bond acceptors (Lipinski definition) is 4. The van der Waals surface area contributed by atoms with Gasteiger partial charge >= 0.3 is 0 Å². The molecular weight excluding hydrogens is 370 g/mol. The Labute approximate surface area is 166 Å². The van der Waals surface area contributed by atoms with Crippen molar-refractivity contribution >= 4 is 17.5 Å². The molecular formula is C21H21N5O3. The van der Waals surface area contributed by atoms with Crippen molar-refractivity contribution in [2.45, 2.75) is 32.4 Å². The summed E-state index contributed by atoms with van der Waals surface area (Å²) in [5.41, 5.74) is 3.47. The molecule has 29 heavy (non-hydrogen) atoms. The summed E-state index contributed by atoms with van der Waals surface area (Å²) in [4.78, 5) is 45.6. The zero-order chi connectivity index (χ0) is 20.1. The second-order valence-corrected chi connectivity index (χ2v) is 7.70. The topological polar surface area (TPSA) is 90.8 Å². The first-order chi connectivity index (χ1) is 14.0. The lowest BCUT2D eigenvalue weighted by Crippen LogP contribution is -2.40. The third-order valence-corrected chi connectivity index (χ3v) is 5.75. The molecule has 0 spiro atoms. The fraction of sp³-hybridized carbons (Fsp3) is 0.333. The Balaban J connectivity index is 1.37. The maximum absolute atomic E-state index is 13.1. The van der Waals surface area contributed by atoms with E-state index >= 15 is 0 Å². The first-order valence-corrected chi connectivity index (χ1v) is 9.77. The molecule has 5 rings (SSSR count). The van der Waals surface area contributed by atoms with Crippen LogP contribution in [0.3, 0.4) is 0 Å². The van der Waals surface area contributed by atoms with Crippen LogP contribution >= 0.6 is 0 Å². The minimum atomic E-state index is -0.171. The first kappa shape index (κ1) is 17.7. The van der Waals surface area contributed by atoms with Gasteiger partial charge in [0.2, 0.25) is 5.91 Å². The molecule has 2 aliphatic rings. The minimum absolute atomic E-state index is 0.0571. The minimum Gasteiger partial charge on any atom is -0.333 e. The number of benzene rings is 1. The molecule has 3 aromatic rings. The quantitative estimate of drug-likeness (QED) is 0.735. The van der Waals surface area contributed by atoms with E-state index in [9.17, 15) is 14.4 Å². The fourth-order valence-corrected chi connectivity index (χ4v) is 4.38. The lowest BCUT2D eigenvalue weighted by molar-refractivity contribution is -0.133. The highest BCUT2D eigenvalue weighted by Gasteiger charge is 2.35. The van der Waals surface area contributed by atoms with Gasteiger partial charge in [0.1, 0.15) is 6.54 Å². The van der Waals surface area contributed by atoms with Gasteiger partial charge < -0.3 is 9.80 Å². The van der Waals surface area contributed by atoms with Gasteiger partial charge in [-0.3, -0.25) is 19.5 Å². The lowest BCUT2D eigenvalue weighted by atomic mass is 10.1. The summed E-state index contributed by atoms with van der Waals surface area (Å²) in [5, 5.41) is 3.10. The third kappa shape index (κ3) is 2.91. The molecule has 4 heterocycles. The number of nitrogens with one attached hydrogen (secondary N) is 1. The predicted octanol–water partition coefficient (Wildman–Crippen LogP) is 1.65. The lowest BCUT2D eigenvalue weighted by Gasteiger charge is -2.26. The average Bonchev–Trinajstić information content (AvgIpc) is 3.39. The Bertz CT molecular complexity index is 1190. The molecule has 1 fully saturated rings. The molecule has 1 atom stereocenters. The van der Waals surface area contributed by atoms with E-state index in [1.807, 2.05) is 24.3 Å². The summed E-state index contributed by atoms with van der Waals surface area (Å²) >= 11 is 0. The zero-order valence-corrected chi connectivity index (χ0v) is 16.1. The molecule has 1 saturated heterocycles. The van der Waals surface area contributed by atoms with Crippen LogP contribution in [-0.2, 0) is 11.3 Å². The van der Waals surface area contributed by atoms with Crippen LogP contribution in [0, 0.1) is 6.92 Å². The molecule has 2 aliphatic heterocycles. The van der Waals surface area contributed by atoms with E-state index in [0.717, 1.165) is 24.1 Å². The fourth-order valence-electron chi connectivity index (χ4n) is 4.38. The van der Waals surface area contributed by atoms with Crippen molar-refractivity contribution in [2.24, 2.45) is 0 Å². The van der Waals surface area contributed by atoms with E-state index in [2.05, 4.69) is 10.1 Å². The highest BCUT2D eigenvalue weighted by Crippen LogP contribution is 2.32. The number of aromatic amines is 1. The second-order valence-electron chi connectivity index (χ2n) is 7.70. The predicted molar refractivity (Wildman–Crippen MR) is 105 cm³/mol. The molecule has 1 N–H and O–H groups in total. The van der Waals surface area contributed by atoms with Crippen molar-refractivity contribution < 1.29 is 9.59 Å². The van der Waals surface area contributed by atoms with Gasteiger partial charge in [0.15, 0.2) is 5.65 Å². The third-order valence-electron chi connectivity index (χ3n) is 5.75. The number of carbonyl (C=O) groups is 2. The maximum atomic E-state index is 13.1. The Hall–Kier alpha value is -3.42. The van der Waals surface area contributed by atoms with Crippen LogP contribution in [0.2, 0.25) is 0 Å². The molecule has 0 unspecified atom stereocenters. The van der Waals surface area contributed by atoms with Gasteiger partial charge in [-0.1, -0.05) is 18.2 Å². The Morgan fingerprint density at radius 1 is 1.24 bits per heavy atom. The van der Waals surface area contributed by atoms with E-state index in [1.54, 1.807) is 22.8 Å². The number of fused-ring (bicyclic) bond motifs is 2. The number of aromatic nitrogens is 3. The van der Waals surface area contributed by atoms with E-state index in [4.69, 9.17) is 0 Å². The van der Waals surface area contributed by atoms with Crippen LogP contribution in [0.1, 0.15) is 46.2 Å². The number of nitrogens with zero attached hydrogens (tertiary/aromatic N) is 4. The van der Waals surface area contributed by atoms with Gasteiger partial charge in [0.25, 0.3) is 11.5 Å². The van der Waals surface area contributed by atoms with Gasteiger partial charge in [-0.25, -0.2) is 9.50 Å². The van der Waals surface area contributed by atoms with E-state index in [0.29, 0.717) is 30.0 Å². The summed E-state index contributed by atoms with van der Waals surface area (Å²) in [6.45, 7) is 2.94. The van der Waals surface area contributed by atoms with E-state index in [-0.39, 0.29) is 30.0 Å². The van der Waals surface area contributed by atoms with Crippen LogP contribution in [0.25, 0.3) is 5.65 Å². The summed E-state index contributed by atoms with van der Waals surface area (Å²) in [5.74, 6) is -0.176. The van der Waals surface area contributed by atoms with Gasteiger partial charge in [-0.2, -0.15) is 0 Å². The number of aryl methyl sites for hydroxylation is 1. The van der Waals surface area contributed by atoms with Crippen molar-refractivity contribution in [3.8, 4) is 0 Å². The number of hydrogen-bond donors (Lipinski definition) is 1. The van der Waals surface area contributed by atoms with Gasteiger partial charge in [0.05, 0.1) is 11.7 Å². The number of rotatable bonds is 3. The van der Waals surface area contributed by atoms with Crippen molar-refractivity contribution in [3.63, 3.8) is 0 Å². The number of amides is 2. The van der Waals surface area contributed by atoms with Gasteiger partial charge in [-0.05, 0) is 31.4 Å². The van der Waals surface area contributed by atoms with E-state index < -0.39 is 0 Å². The zero-order valence-electron chi connectivity index (χ0n) is 16.1. The Morgan fingerprint density at radius 2 is 2.07 bits per heavy atom. The molecule has 148 valence electrons. The van der Waals surface area contributed by atoms with Crippen LogP contribution in [0.15, 0.2) is 41.2 Å². The van der Waals surface area contributed by atoms with Crippen molar-refractivity contribution in [3.05, 3.63) is 69.3 Å². The Kier molecular flexibility index (Phi) is 4.01. The van der Waals surface area contributed by atoms with Crippen molar-refractivity contribution in [2.75, 3.05) is 13.1 Å². The summed E-state index contributed by atoms with van der Waals surface area (Å²) in [6.07, 6.45) is 1.68. The average molecular weight is 391 g/mol. The second kappa shape index (κ2) is 6.58. The molecule has 0 radical (unpaired) electrons. The first-order valence-electron chi connectivity index (χ1n) is 9.77. The number of carbonyl (C=O) groups excluding carboxylic acids is 2. The van der Waals surface area contributed by atoms with Crippen LogP contribution in [0.5, 0.6) is 0 Å². The largest absolute Gasteiger partial charge is 0.333 e. The highest BCUT2D eigenvalue weighted by molar-refractivity contribution is 6.00.